The molecule has 36 heavy (non-hydrogen) atoms. The van der Waals surface area contributed by atoms with Gasteiger partial charge in [-0.15, -0.1) is 0 Å². The number of benzene rings is 3. The lowest BCUT2D eigenvalue weighted by molar-refractivity contribution is -0.139. The third kappa shape index (κ3) is 8.79. The summed E-state index contributed by atoms with van der Waals surface area (Å²) in [5, 5.41) is 20.6. The third-order valence-corrected chi connectivity index (χ3v) is 5.36. The lowest BCUT2D eigenvalue weighted by atomic mass is 10.1. The Labute approximate surface area is 209 Å². The number of anilines is 1. The first kappa shape index (κ1) is 26.3. The number of aliphatic carboxylic acids is 2. The molecule has 0 aliphatic carbocycles. The van der Waals surface area contributed by atoms with Crippen LogP contribution in [0.3, 0.4) is 0 Å². The minimum absolute atomic E-state index is 0.0730. The molecule has 0 aliphatic rings. The Kier molecular flexibility index (Phi) is 9.88. The van der Waals surface area contributed by atoms with Gasteiger partial charge in [0, 0.05) is 12.0 Å². The minimum atomic E-state index is -1.15. The lowest BCUT2D eigenvalue weighted by Crippen LogP contribution is -2.15. The largest absolute Gasteiger partial charge is 0.494 e. The van der Waals surface area contributed by atoms with E-state index in [-0.39, 0.29) is 24.3 Å². The number of carboxylic acids is 2. The van der Waals surface area contributed by atoms with E-state index in [1.807, 2.05) is 18.2 Å². The molecule has 8 nitrogen and oxygen atoms in total. The molecule has 0 heterocycles. The number of carbonyl (C=O) groups is 3. The maximum atomic E-state index is 12.8. The van der Waals surface area contributed by atoms with Crippen LogP contribution in [0.5, 0.6) is 11.5 Å². The van der Waals surface area contributed by atoms with Crippen LogP contribution in [0.25, 0.3) is 0 Å². The molecule has 0 fully saturated rings. The highest BCUT2D eigenvalue weighted by molar-refractivity contribution is 6.05. The van der Waals surface area contributed by atoms with E-state index in [1.54, 1.807) is 36.4 Å². The second-order valence-corrected chi connectivity index (χ2v) is 8.18. The fourth-order valence-electron chi connectivity index (χ4n) is 3.51. The molecule has 3 aromatic carbocycles. The van der Waals surface area contributed by atoms with E-state index in [2.05, 4.69) is 17.4 Å². The van der Waals surface area contributed by atoms with Crippen LogP contribution in [0.4, 0.5) is 5.69 Å². The quantitative estimate of drug-likeness (QED) is 0.276. The van der Waals surface area contributed by atoms with Gasteiger partial charge in [0.15, 0.2) is 6.61 Å². The normalized spacial score (nSPS) is 10.4. The summed E-state index contributed by atoms with van der Waals surface area (Å²) in [7, 11) is 0. The van der Waals surface area contributed by atoms with E-state index in [0.29, 0.717) is 23.5 Å². The van der Waals surface area contributed by atoms with E-state index < -0.39 is 24.5 Å². The molecule has 0 saturated heterocycles. The average Bonchev–Trinajstić information content (AvgIpc) is 2.87. The van der Waals surface area contributed by atoms with Crippen molar-refractivity contribution >= 4 is 23.5 Å². The molecule has 3 rings (SSSR count). The third-order valence-electron chi connectivity index (χ3n) is 5.36. The molecule has 0 aliphatic heterocycles. The topological polar surface area (TPSA) is 122 Å². The summed E-state index contributed by atoms with van der Waals surface area (Å²) < 4.78 is 11.1. The van der Waals surface area contributed by atoms with Crippen molar-refractivity contribution in [3.8, 4) is 11.5 Å². The SMILES string of the molecule is O=C(O)CCc1ccc(OCC(=O)O)c(NC(=O)c2ccc(OCCCCc3ccccc3)cc2)c1. The lowest BCUT2D eigenvalue weighted by Gasteiger charge is -2.13. The molecular formula is C28H29NO7. The van der Waals surface area contributed by atoms with Crippen molar-refractivity contribution in [2.45, 2.75) is 32.1 Å². The molecule has 0 saturated carbocycles. The smallest absolute Gasteiger partial charge is 0.341 e. The van der Waals surface area contributed by atoms with Crippen LogP contribution in [0.1, 0.15) is 40.7 Å². The summed E-state index contributed by atoms with van der Waals surface area (Å²) in [6, 6.07) is 21.7. The van der Waals surface area contributed by atoms with E-state index >= 15 is 0 Å². The fraction of sp³-hybridized carbons (Fsp3) is 0.250. The predicted octanol–water partition coefficient (Wildman–Crippen LogP) is 4.82. The molecule has 0 unspecified atom stereocenters. The zero-order valence-electron chi connectivity index (χ0n) is 19.8. The zero-order chi connectivity index (χ0) is 25.8. The Bertz CT molecular complexity index is 1160. The second kappa shape index (κ2) is 13.5. The van der Waals surface area contributed by atoms with Crippen LogP contribution in [0, 0.1) is 0 Å². The van der Waals surface area contributed by atoms with Crippen molar-refractivity contribution in [3.63, 3.8) is 0 Å². The van der Waals surface area contributed by atoms with Gasteiger partial charge in [-0.2, -0.15) is 0 Å². The summed E-state index contributed by atoms with van der Waals surface area (Å²) in [5.74, 6) is -1.67. The van der Waals surface area contributed by atoms with Gasteiger partial charge in [-0.05, 0) is 73.2 Å². The zero-order valence-corrected chi connectivity index (χ0v) is 19.8. The molecule has 0 spiro atoms. The fourth-order valence-corrected chi connectivity index (χ4v) is 3.51. The van der Waals surface area contributed by atoms with Crippen LogP contribution in [0.2, 0.25) is 0 Å². The summed E-state index contributed by atoms with van der Waals surface area (Å²) in [6.07, 6.45) is 3.11. The van der Waals surface area contributed by atoms with Gasteiger partial charge in [-0.25, -0.2) is 4.79 Å². The van der Waals surface area contributed by atoms with Gasteiger partial charge in [0.2, 0.25) is 0 Å². The Morgan fingerprint density at radius 1 is 0.750 bits per heavy atom. The summed E-state index contributed by atoms with van der Waals surface area (Å²) in [6.45, 7) is 0.000511. The van der Waals surface area contributed by atoms with Crippen LogP contribution in [-0.2, 0) is 22.4 Å². The maximum Gasteiger partial charge on any atom is 0.341 e. The van der Waals surface area contributed by atoms with Crippen molar-refractivity contribution in [1.29, 1.82) is 0 Å². The number of carboxylic acid groups (broad SMARTS) is 2. The summed E-state index contributed by atoms with van der Waals surface area (Å²) >= 11 is 0. The van der Waals surface area contributed by atoms with Crippen LogP contribution in [-0.4, -0.2) is 41.3 Å². The Morgan fingerprint density at radius 3 is 2.19 bits per heavy atom. The van der Waals surface area contributed by atoms with Gasteiger partial charge in [-0.1, -0.05) is 36.4 Å². The van der Waals surface area contributed by atoms with Gasteiger partial charge in [0.05, 0.1) is 12.3 Å². The number of nitrogens with one attached hydrogen (secondary N) is 1. The van der Waals surface area contributed by atoms with Crippen molar-refractivity contribution in [3.05, 3.63) is 89.5 Å². The monoisotopic (exact) mass is 491 g/mol. The second-order valence-electron chi connectivity index (χ2n) is 8.18. The Hall–Kier alpha value is -4.33. The highest BCUT2D eigenvalue weighted by atomic mass is 16.5. The minimum Gasteiger partial charge on any atom is -0.494 e. The van der Waals surface area contributed by atoms with Crippen LogP contribution in [0.15, 0.2) is 72.8 Å². The number of amides is 1. The van der Waals surface area contributed by atoms with Crippen molar-refractivity contribution < 1.29 is 34.1 Å². The summed E-state index contributed by atoms with van der Waals surface area (Å²) in [4.78, 5) is 34.6. The van der Waals surface area contributed by atoms with Gasteiger partial charge in [0.1, 0.15) is 11.5 Å². The first-order chi connectivity index (χ1) is 17.4. The molecule has 8 heteroatoms. The van der Waals surface area contributed by atoms with Crippen LogP contribution < -0.4 is 14.8 Å². The standard InChI is InChI=1S/C28H29NO7/c30-26(31)16-10-21-9-15-25(36-19-27(32)33)24(18-21)29-28(34)22-11-13-23(14-12-22)35-17-5-4-8-20-6-2-1-3-7-20/h1-3,6-7,9,11-15,18H,4-5,8,10,16-17,19H2,(H,29,34)(H,30,31)(H,32,33). The van der Waals surface area contributed by atoms with Gasteiger partial charge < -0.3 is 25.0 Å². The predicted molar refractivity (Wildman–Crippen MR) is 135 cm³/mol. The number of hydrogen-bond donors (Lipinski definition) is 3. The number of rotatable bonds is 14. The Balaban J connectivity index is 1.55. The number of carbonyl (C=O) groups excluding carboxylic acids is 1. The number of unbranched alkanes of at least 4 members (excludes halogenated alkanes) is 1. The summed E-state index contributed by atoms with van der Waals surface area (Å²) in [5.41, 5.74) is 2.62. The van der Waals surface area contributed by atoms with Gasteiger partial charge >= 0.3 is 11.9 Å². The van der Waals surface area contributed by atoms with E-state index in [0.717, 1.165) is 19.3 Å². The van der Waals surface area contributed by atoms with Crippen molar-refractivity contribution in [2.75, 3.05) is 18.5 Å². The number of ether oxygens (including phenoxy) is 2. The molecule has 3 aromatic rings. The molecule has 0 aromatic heterocycles. The van der Waals surface area contributed by atoms with Gasteiger partial charge in [0.25, 0.3) is 5.91 Å². The molecule has 0 atom stereocenters. The maximum absolute atomic E-state index is 12.8. The number of hydrogen-bond acceptors (Lipinski definition) is 5. The number of aryl methyl sites for hydroxylation is 2. The highest BCUT2D eigenvalue weighted by Gasteiger charge is 2.13. The van der Waals surface area contributed by atoms with Crippen molar-refractivity contribution in [2.24, 2.45) is 0 Å². The molecular weight excluding hydrogens is 462 g/mol. The van der Waals surface area contributed by atoms with Crippen molar-refractivity contribution in [1.82, 2.24) is 0 Å². The van der Waals surface area contributed by atoms with Crippen LogP contribution >= 0.6 is 0 Å². The Morgan fingerprint density at radius 2 is 1.50 bits per heavy atom. The van der Waals surface area contributed by atoms with Gasteiger partial charge in [-0.3, -0.25) is 9.59 Å². The molecule has 0 bridgehead atoms. The molecule has 188 valence electrons. The highest BCUT2D eigenvalue weighted by Crippen LogP contribution is 2.27. The molecule has 0 radical (unpaired) electrons. The molecule has 3 N–H and O–H groups in total. The first-order valence-corrected chi connectivity index (χ1v) is 11.7. The van der Waals surface area contributed by atoms with E-state index in [9.17, 15) is 14.4 Å². The molecule has 1 amide bonds. The first-order valence-electron chi connectivity index (χ1n) is 11.7. The van der Waals surface area contributed by atoms with E-state index in [1.165, 1.54) is 11.6 Å². The average molecular weight is 492 g/mol. The van der Waals surface area contributed by atoms with E-state index in [4.69, 9.17) is 19.7 Å².